The van der Waals surface area contributed by atoms with Crippen molar-refractivity contribution in [1.82, 2.24) is 14.9 Å². The molecule has 1 aromatic carbocycles. The van der Waals surface area contributed by atoms with Crippen molar-refractivity contribution in [3.05, 3.63) is 17.9 Å². The summed E-state index contributed by atoms with van der Waals surface area (Å²) >= 11 is 0. The zero-order valence-corrected chi connectivity index (χ0v) is 16.1. The molecule has 0 bridgehead atoms. The Bertz CT molecular complexity index is 1010. The summed E-state index contributed by atoms with van der Waals surface area (Å²) in [6.07, 6.45) is -0.924. The Morgan fingerprint density at radius 1 is 1.37 bits per heavy atom. The molecule has 1 aliphatic carbocycles. The Hall–Kier alpha value is -2.85. The molecule has 2 aromatic rings. The number of anilines is 1. The molecule has 1 atom stereocenters. The van der Waals surface area contributed by atoms with Crippen LogP contribution in [0.2, 0.25) is 0 Å². The lowest BCUT2D eigenvalue weighted by molar-refractivity contribution is -0.217. The highest BCUT2D eigenvalue weighted by Gasteiger charge is 2.67. The molecule has 1 fully saturated rings. The maximum Gasteiger partial charge on any atom is 0.440 e. The van der Waals surface area contributed by atoms with Crippen molar-refractivity contribution < 1.29 is 31.9 Å². The summed E-state index contributed by atoms with van der Waals surface area (Å²) in [6.45, 7) is 0. The van der Waals surface area contributed by atoms with E-state index in [1.54, 1.807) is 0 Å². The van der Waals surface area contributed by atoms with Crippen molar-refractivity contribution in [2.45, 2.75) is 50.4 Å². The maximum absolute atomic E-state index is 14.5. The largest absolute Gasteiger partial charge is 0.494 e. The number of amides is 2. The first-order valence-electron chi connectivity index (χ1n) is 9.63. The van der Waals surface area contributed by atoms with Crippen LogP contribution in [-0.2, 0) is 15.3 Å². The van der Waals surface area contributed by atoms with Gasteiger partial charge in [-0.1, -0.05) is 25.7 Å². The molecule has 2 aliphatic rings. The van der Waals surface area contributed by atoms with Crippen LogP contribution in [0.4, 0.5) is 23.5 Å². The summed E-state index contributed by atoms with van der Waals surface area (Å²) in [5.74, 6) is -3.78. The number of imidazole rings is 1. The number of hydrogen-bond acceptors (Lipinski definition) is 4. The van der Waals surface area contributed by atoms with Gasteiger partial charge in [0.1, 0.15) is 5.52 Å². The van der Waals surface area contributed by atoms with Crippen LogP contribution in [0.15, 0.2) is 12.1 Å². The summed E-state index contributed by atoms with van der Waals surface area (Å²) in [5.41, 5.74) is -4.11. The molecule has 30 heavy (non-hydrogen) atoms. The Morgan fingerprint density at radius 3 is 2.70 bits per heavy atom. The predicted octanol–water partition coefficient (Wildman–Crippen LogP) is 3.44. The average molecular weight is 428 g/mol. The summed E-state index contributed by atoms with van der Waals surface area (Å²) in [6, 6.07) is 2.30. The van der Waals surface area contributed by atoms with E-state index in [-0.39, 0.29) is 17.7 Å². The molecular formula is C19H20F4N4O3. The van der Waals surface area contributed by atoms with Gasteiger partial charge in [-0.3, -0.25) is 19.5 Å². The molecule has 2 amide bonds. The highest BCUT2D eigenvalue weighted by molar-refractivity contribution is 6.05. The van der Waals surface area contributed by atoms with Crippen LogP contribution >= 0.6 is 0 Å². The number of nitrogens with zero attached hydrogens (tertiary/aromatic N) is 2. The van der Waals surface area contributed by atoms with E-state index in [0.29, 0.717) is 16.9 Å². The predicted molar refractivity (Wildman–Crippen MR) is 98.2 cm³/mol. The second-order valence-electron chi connectivity index (χ2n) is 7.62. The van der Waals surface area contributed by atoms with Gasteiger partial charge in [0.05, 0.1) is 12.6 Å². The Morgan fingerprint density at radius 2 is 2.07 bits per heavy atom. The quantitative estimate of drug-likeness (QED) is 0.715. The normalized spacial score (nSPS) is 21.7. The van der Waals surface area contributed by atoms with E-state index in [1.807, 2.05) is 10.6 Å². The molecule has 1 saturated carbocycles. The van der Waals surface area contributed by atoms with Crippen LogP contribution in [-0.4, -0.2) is 34.7 Å². The van der Waals surface area contributed by atoms with Crippen LogP contribution in [0.25, 0.3) is 11.0 Å². The van der Waals surface area contributed by atoms with Gasteiger partial charge in [-0.25, -0.2) is 9.37 Å². The molecule has 0 radical (unpaired) electrons. The van der Waals surface area contributed by atoms with Gasteiger partial charge in [-0.05, 0) is 24.5 Å². The molecule has 1 unspecified atom stereocenters. The first-order valence-corrected chi connectivity index (χ1v) is 9.63. The fraction of sp³-hybridized carbons (Fsp3) is 0.526. The van der Waals surface area contributed by atoms with Crippen molar-refractivity contribution in [3.8, 4) is 5.75 Å². The number of aromatic nitrogens is 2. The van der Waals surface area contributed by atoms with Crippen molar-refractivity contribution in [1.29, 1.82) is 0 Å². The minimum Gasteiger partial charge on any atom is -0.494 e. The van der Waals surface area contributed by atoms with Gasteiger partial charge in [0.15, 0.2) is 11.6 Å². The van der Waals surface area contributed by atoms with Crippen molar-refractivity contribution in [3.63, 3.8) is 0 Å². The van der Waals surface area contributed by atoms with Crippen molar-refractivity contribution >= 4 is 28.8 Å². The van der Waals surface area contributed by atoms with E-state index in [9.17, 15) is 27.2 Å². The van der Waals surface area contributed by atoms with E-state index in [4.69, 9.17) is 4.74 Å². The lowest BCUT2D eigenvalue weighted by Crippen LogP contribution is -2.63. The number of ether oxygens (including phenoxy) is 1. The molecular weight excluding hydrogens is 408 g/mol. The maximum atomic E-state index is 14.5. The van der Waals surface area contributed by atoms with Gasteiger partial charge in [0.25, 0.3) is 11.6 Å². The number of rotatable bonds is 5. The monoisotopic (exact) mass is 428 g/mol. The highest BCUT2D eigenvalue weighted by atomic mass is 19.4. The fourth-order valence-corrected chi connectivity index (χ4v) is 4.30. The first-order chi connectivity index (χ1) is 14.2. The molecule has 11 heteroatoms. The second-order valence-corrected chi connectivity index (χ2v) is 7.62. The lowest BCUT2D eigenvalue weighted by Gasteiger charge is -2.32. The van der Waals surface area contributed by atoms with Gasteiger partial charge in [-0.15, -0.1) is 0 Å². The van der Waals surface area contributed by atoms with Gasteiger partial charge in [-0.2, -0.15) is 13.2 Å². The van der Waals surface area contributed by atoms with Crippen LogP contribution in [0.3, 0.4) is 0 Å². The second kappa shape index (κ2) is 7.13. The third-order valence-electron chi connectivity index (χ3n) is 5.82. The standard InChI is InChI=1S/C19H20F4N4O3/c1-30-12-8-7-11-15(14(12)20)24-17-25-16(29)18(27(11)17,19(21,22)23)26-13(28)9-6-10-4-2-3-5-10/h7-8,10H,2-6,9H2,1H3,(H,26,28)(H,24,25,29). The third kappa shape index (κ3) is 2.98. The number of benzene rings is 1. The first kappa shape index (κ1) is 20.4. The Kier molecular flexibility index (Phi) is 4.86. The molecule has 0 saturated heterocycles. The van der Waals surface area contributed by atoms with Crippen molar-refractivity contribution in [2.75, 3.05) is 12.4 Å². The minimum atomic E-state index is -5.20. The van der Waals surface area contributed by atoms with E-state index >= 15 is 0 Å². The van der Waals surface area contributed by atoms with Crippen molar-refractivity contribution in [2.24, 2.45) is 5.92 Å². The minimum absolute atomic E-state index is 0.139. The molecule has 0 spiro atoms. The highest BCUT2D eigenvalue weighted by Crippen LogP contribution is 2.45. The van der Waals surface area contributed by atoms with E-state index in [0.717, 1.165) is 31.7 Å². The number of carbonyl (C=O) groups excluding carboxylic acids is 2. The number of carbonyl (C=O) groups is 2. The smallest absolute Gasteiger partial charge is 0.440 e. The van der Waals surface area contributed by atoms with Crippen LogP contribution in [0, 0.1) is 11.7 Å². The molecule has 2 heterocycles. The molecule has 7 nitrogen and oxygen atoms in total. The summed E-state index contributed by atoms with van der Waals surface area (Å²) < 4.78 is 62.6. The summed E-state index contributed by atoms with van der Waals surface area (Å²) in [5, 5.41) is 3.90. The van der Waals surface area contributed by atoms with Gasteiger partial charge in [0.2, 0.25) is 11.9 Å². The SMILES string of the molecule is COc1ccc2c(nc3n2C(NC(=O)CCC2CCCC2)(C(F)(F)F)C(=O)N3)c1F. The van der Waals surface area contributed by atoms with Crippen LogP contribution in [0.1, 0.15) is 38.5 Å². The molecule has 162 valence electrons. The average Bonchev–Trinajstić information content (AvgIpc) is 3.37. The number of alkyl halides is 3. The fourth-order valence-electron chi connectivity index (χ4n) is 4.30. The zero-order chi connectivity index (χ0) is 21.7. The zero-order valence-electron chi connectivity index (χ0n) is 16.1. The third-order valence-corrected chi connectivity index (χ3v) is 5.82. The Balaban J connectivity index is 1.75. The van der Waals surface area contributed by atoms with E-state index in [2.05, 4.69) is 4.98 Å². The molecule has 1 aliphatic heterocycles. The van der Waals surface area contributed by atoms with Gasteiger partial charge < -0.3 is 10.1 Å². The van der Waals surface area contributed by atoms with Crippen LogP contribution in [0.5, 0.6) is 5.75 Å². The van der Waals surface area contributed by atoms with Gasteiger partial charge in [0, 0.05) is 6.42 Å². The molecule has 2 N–H and O–H groups in total. The Labute approximate surface area is 168 Å². The number of nitrogens with one attached hydrogen (secondary N) is 2. The summed E-state index contributed by atoms with van der Waals surface area (Å²) in [4.78, 5) is 28.8. The van der Waals surface area contributed by atoms with E-state index < -0.39 is 40.9 Å². The number of fused-ring (bicyclic) bond motifs is 3. The molecule has 4 rings (SSSR count). The lowest BCUT2D eigenvalue weighted by atomic mass is 10.0. The molecule has 1 aromatic heterocycles. The topological polar surface area (TPSA) is 85.2 Å². The number of hydrogen-bond donors (Lipinski definition) is 2. The number of halogens is 4. The van der Waals surface area contributed by atoms with Gasteiger partial charge >= 0.3 is 6.18 Å². The number of methoxy groups -OCH3 is 1. The van der Waals surface area contributed by atoms with E-state index in [1.165, 1.54) is 13.2 Å². The van der Waals surface area contributed by atoms with Crippen LogP contribution < -0.4 is 15.4 Å². The summed E-state index contributed by atoms with van der Waals surface area (Å²) in [7, 11) is 1.21.